The Morgan fingerprint density at radius 3 is 2.37 bits per heavy atom. The first kappa shape index (κ1) is 23.6. The highest BCUT2D eigenvalue weighted by Crippen LogP contribution is 2.27. The summed E-state index contributed by atoms with van der Waals surface area (Å²) in [5.41, 5.74) is 0.223. The fourth-order valence-electron chi connectivity index (χ4n) is 2.82. The van der Waals surface area contributed by atoms with Gasteiger partial charge in [-0.3, -0.25) is 4.79 Å². The van der Waals surface area contributed by atoms with Crippen molar-refractivity contribution in [2.75, 3.05) is 33.4 Å². The Balaban J connectivity index is 1.99. The van der Waals surface area contributed by atoms with Crippen LogP contribution in [0.1, 0.15) is 30.6 Å². The van der Waals surface area contributed by atoms with Crippen LogP contribution in [0, 0.1) is 5.82 Å². The highest BCUT2D eigenvalue weighted by molar-refractivity contribution is 7.89. The number of hydrogen-bond donors (Lipinski definition) is 1. The average molecular weight is 439 g/mol. The van der Waals surface area contributed by atoms with E-state index in [0.29, 0.717) is 38.4 Å². The molecular formula is C21H27FN2O5S. The number of halogens is 1. The topological polar surface area (TPSA) is 84.9 Å². The molecule has 9 heteroatoms. The minimum Gasteiger partial charge on any atom is -0.495 e. The Hall–Kier alpha value is -2.65. The monoisotopic (exact) mass is 438 g/mol. The van der Waals surface area contributed by atoms with Gasteiger partial charge in [0.25, 0.3) is 5.91 Å². The van der Waals surface area contributed by atoms with E-state index in [2.05, 4.69) is 5.32 Å². The van der Waals surface area contributed by atoms with E-state index in [4.69, 9.17) is 9.47 Å². The fourth-order valence-corrected chi connectivity index (χ4v) is 4.46. The van der Waals surface area contributed by atoms with E-state index in [-0.39, 0.29) is 22.0 Å². The molecule has 0 spiro atoms. The molecule has 0 saturated heterocycles. The molecule has 2 rings (SSSR count). The Morgan fingerprint density at radius 2 is 1.77 bits per heavy atom. The average Bonchev–Trinajstić information content (AvgIpc) is 2.74. The number of ether oxygens (including phenoxy) is 2. The Labute approximate surface area is 176 Å². The number of hydrogen-bond acceptors (Lipinski definition) is 5. The number of carbonyl (C=O) groups excluding carboxylic acids is 1. The summed E-state index contributed by atoms with van der Waals surface area (Å²) >= 11 is 0. The van der Waals surface area contributed by atoms with E-state index in [1.165, 1.54) is 53.9 Å². The van der Waals surface area contributed by atoms with Gasteiger partial charge in [-0.2, -0.15) is 4.31 Å². The largest absolute Gasteiger partial charge is 0.495 e. The third-order valence-corrected chi connectivity index (χ3v) is 6.51. The zero-order valence-corrected chi connectivity index (χ0v) is 18.2. The smallest absolute Gasteiger partial charge is 0.251 e. The van der Waals surface area contributed by atoms with Crippen LogP contribution in [-0.4, -0.2) is 52.0 Å². The lowest BCUT2D eigenvalue weighted by atomic mass is 10.2. The van der Waals surface area contributed by atoms with Gasteiger partial charge in [0.05, 0.1) is 13.7 Å². The van der Waals surface area contributed by atoms with Gasteiger partial charge in [-0.05, 0) is 48.9 Å². The number of amides is 1. The molecule has 164 valence electrons. The maximum absolute atomic E-state index is 12.9. The zero-order chi connectivity index (χ0) is 22.1. The number of sulfonamides is 1. The van der Waals surface area contributed by atoms with Crippen LogP contribution >= 0.6 is 0 Å². The second kappa shape index (κ2) is 10.9. The lowest BCUT2D eigenvalue weighted by Gasteiger charge is -2.20. The molecule has 0 aliphatic heterocycles. The van der Waals surface area contributed by atoms with Gasteiger partial charge in [0, 0.05) is 25.2 Å². The fraction of sp³-hybridized carbons (Fsp3) is 0.381. The van der Waals surface area contributed by atoms with E-state index in [1.807, 2.05) is 0 Å². The van der Waals surface area contributed by atoms with E-state index < -0.39 is 15.9 Å². The van der Waals surface area contributed by atoms with Gasteiger partial charge < -0.3 is 14.8 Å². The lowest BCUT2D eigenvalue weighted by Crippen LogP contribution is -2.31. The summed E-state index contributed by atoms with van der Waals surface area (Å²) in [6.07, 6.45) is 0.532. The SMILES string of the molecule is CCN(CC)S(=O)(=O)c1cc(C(=O)NCCCOc2ccc(F)cc2)ccc1OC. The molecule has 0 radical (unpaired) electrons. The van der Waals surface area contributed by atoms with Gasteiger partial charge in [-0.25, -0.2) is 12.8 Å². The van der Waals surface area contributed by atoms with Gasteiger partial charge >= 0.3 is 0 Å². The van der Waals surface area contributed by atoms with Crippen LogP contribution in [0.15, 0.2) is 47.4 Å². The van der Waals surface area contributed by atoms with Crippen LogP contribution in [0.25, 0.3) is 0 Å². The first-order valence-electron chi connectivity index (χ1n) is 9.68. The van der Waals surface area contributed by atoms with Gasteiger partial charge in [0.15, 0.2) is 0 Å². The molecule has 0 fully saturated rings. The van der Waals surface area contributed by atoms with Crippen molar-refractivity contribution in [3.63, 3.8) is 0 Å². The summed E-state index contributed by atoms with van der Waals surface area (Å²) in [6.45, 7) is 4.80. The highest BCUT2D eigenvalue weighted by Gasteiger charge is 2.26. The Kier molecular flexibility index (Phi) is 8.61. The van der Waals surface area contributed by atoms with Crippen LogP contribution in [0.3, 0.4) is 0 Å². The summed E-state index contributed by atoms with van der Waals surface area (Å²) in [5.74, 6) is 0.00203. The van der Waals surface area contributed by atoms with Crippen molar-refractivity contribution in [2.24, 2.45) is 0 Å². The van der Waals surface area contributed by atoms with Crippen molar-refractivity contribution in [1.29, 1.82) is 0 Å². The maximum Gasteiger partial charge on any atom is 0.251 e. The molecule has 0 aromatic heterocycles. The van der Waals surface area contributed by atoms with E-state index in [0.717, 1.165) is 0 Å². The minimum atomic E-state index is -3.78. The molecule has 0 heterocycles. The zero-order valence-electron chi connectivity index (χ0n) is 17.4. The van der Waals surface area contributed by atoms with E-state index in [1.54, 1.807) is 13.8 Å². The van der Waals surface area contributed by atoms with Gasteiger partial charge in [-0.1, -0.05) is 13.8 Å². The maximum atomic E-state index is 12.9. The first-order valence-corrected chi connectivity index (χ1v) is 11.1. The molecule has 0 saturated carbocycles. The van der Waals surface area contributed by atoms with Crippen LogP contribution in [0.2, 0.25) is 0 Å². The van der Waals surface area contributed by atoms with Crippen molar-refractivity contribution in [2.45, 2.75) is 25.2 Å². The molecule has 0 atom stereocenters. The molecule has 1 amide bonds. The van der Waals surface area contributed by atoms with Crippen molar-refractivity contribution in [3.8, 4) is 11.5 Å². The number of nitrogens with zero attached hydrogens (tertiary/aromatic N) is 1. The lowest BCUT2D eigenvalue weighted by molar-refractivity contribution is 0.0951. The van der Waals surface area contributed by atoms with E-state index >= 15 is 0 Å². The minimum absolute atomic E-state index is 0.0407. The molecule has 0 unspecified atom stereocenters. The van der Waals surface area contributed by atoms with Crippen LogP contribution in [-0.2, 0) is 10.0 Å². The number of methoxy groups -OCH3 is 1. The molecule has 2 aromatic rings. The number of benzene rings is 2. The summed E-state index contributed by atoms with van der Waals surface area (Å²) in [6, 6.07) is 10.0. The summed E-state index contributed by atoms with van der Waals surface area (Å²) < 4.78 is 50.6. The van der Waals surface area contributed by atoms with Crippen LogP contribution in [0.5, 0.6) is 11.5 Å². The molecule has 0 aliphatic carbocycles. The van der Waals surface area contributed by atoms with Crippen molar-refractivity contribution in [1.82, 2.24) is 9.62 Å². The summed E-state index contributed by atoms with van der Waals surface area (Å²) in [5, 5.41) is 2.74. The summed E-state index contributed by atoms with van der Waals surface area (Å²) in [7, 11) is -2.39. The third-order valence-electron chi connectivity index (χ3n) is 4.44. The second-order valence-corrected chi connectivity index (χ2v) is 8.27. The number of rotatable bonds is 11. The predicted molar refractivity (Wildman–Crippen MR) is 112 cm³/mol. The summed E-state index contributed by atoms with van der Waals surface area (Å²) in [4.78, 5) is 12.4. The first-order chi connectivity index (χ1) is 14.3. The number of nitrogens with one attached hydrogen (secondary N) is 1. The molecule has 30 heavy (non-hydrogen) atoms. The Morgan fingerprint density at radius 1 is 1.10 bits per heavy atom. The van der Waals surface area contributed by atoms with Gasteiger partial charge in [0.2, 0.25) is 10.0 Å². The quantitative estimate of drug-likeness (QED) is 0.545. The van der Waals surface area contributed by atoms with Crippen molar-refractivity contribution < 1.29 is 27.1 Å². The normalized spacial score (nSPS) is 11.4. The molecule has 1 N–H and O–H groups in total. The van der Waals surface area contributed by atoms with Crippen LogP contribution in [0.4, 0.5) is 4.39 Å². The van der Waals surface area contributed by atoms with Crippen molar-refractivity contribution >= 4 is 15.9 Å². The van der Waals surface area contributed by atoms with Gasteiger partial charge in [-0.15, -0.1) is 0 Å². The molecule has 7 nitrogen and oxygen atoms in total. The molecule has 0 aliphatic rings. The second-order valence-electron chi connectivity index (χ2n) is 6.37. The number of carbonyl (C=O) groups is 1. The third kappa shape index (κ3) is 5.93. The standard InChI is InChI=1S/C21H27FN2O5S/c1-4-24(5-2)30(26,27)20-15-16(7-12-19(20)28-3)21(25)23-13-6-14-29-18-10-8-17(22)9-11-18/h7-12,15H,4-6,13-14H2,1-3H3,(H,23,25). The van der Waals surface area contributed by atoms with Crippen molar-refractivity contribution in [3.05, 3.63) is 53.8 Å². The van der Waals surface area contributed by atoms with Gasteiger partial charge in [0.1, 0.15) is 22.2 Å². The molecule has 2 aromatic carbocycles. The van der Waals surface area contributed by atoms with E-state index in [9.17, 15) is 17.6 Å². The molecule has 0 bridgehead atoms. The highest BCUT2D eigenvalue weighted by atomic mass is 32.2. The molecular weight excluding hydrogens is 411 g/mol. The van der Waals surface area contributed by atoms with Crippen LogP contribution < -0.4 is 14.8 Å². The Bertz CT molecular complexity index is 944. The predicted octanol–water partition coefficient (Wildman–Crippen LogP) is 3.06.